The molecule has 0 aliphatic carbocycles. The number of rotatable bonds is 4. The number of furan rings is 1. The average molecular weight is 168 g/mol. The number of hydrogen-bond donors (Lipinski definition) is 1. The summed E-state index contributed by atoms with van der Waals surface area (Å²) in [4.78, 5) is 10.3. The maximum atomic E-state index is 10.3. The molecule has 3 heteroatoms. The first-order chi connectivity index (χ1) is 5.68. The maximum absolute atomic E-state index is 10.3. The average Bonchev–Trinajstić information content (AvgIpc) is 2.37. The molecule has 0 aliphatic rings. The van der Waals surface area contributed by atoms with Gasteiger partial charge in [0.1, 0.15) is 5.76 Å². The van der Waals surface area contributed by atoms with E-state index in [0.29, 0.717) is 6.42 Å². The van der Waals surface area contributed by atoms with Gasteiger partial charge >= 0.3 is 5.97 Å². The molecular weight excluding hydrogens is 156 g/mol. The molecule has 1 aromatic heterocycles. The third-order valence-corrected chi connectivity index (χ3v) is 1.65. The van der Waals surface area contributed by atoms with Crippen LogP contribution in [0.4, 0.5) is 0 Å². The van der Waals surface area contributed by atoms with Crippen LogP contribution in [0.1, 0.15) is 19.1 Å². The second-order valence-corrected chi connectivity index (χ2v) is 2.99. The summed E-state index contributed by atoms with van der Waals surface area (Å²) >= 11 is 0. The van der Waals surface area contributed by atoms with Crippen molar-refractivity contribution >= 4 is 5.97 Å². The summed E-state index contributed by atoms with van der Waals surface area (Å²) in [5.41, 5.74) is 0. The molecule has 1 rings (SSSR count). The predicted octanol–water partition coefficient (Wildman–Crippen LogP) is 1.93. The van der Waals surface area contributed by atoms with Crippen LogP contribution in [0.25, 0.3) is 0 Å². The Balaban J connectivity index is 2.36. The van der Waals surface area contributed by atoms with Gasteiger partial charge in [0, 0.05) is 12.8 Å². The number of carboxylic acids is 1. The van der Waals surface area contributed by atoms with E-state index in [1.807, 2.05) is 19.1 Å². The van der Waals surface area contributed by atoms with Crippen LogP contribution in [0, 0.1) is 5.92 Å². The summed E-state index contributed by atoms with van der Waals surface area (Å²) < 4.78 is 5.09. The minimum absolute atomic E-state index is 0.133. The van der Waals surface area contributed by atoms with Gasteiger partial charge in [-0.05, 0) is 18.1 Å². The van der Waals surface area contributed by atoms with E-state index >= 15 is 0 Å². The Morgan fingerprint density at radius 3 is 3.00 bits per heavy atom. The van der Waals surface area contributed by atoms with E-state index in [4.69, 9.17) is 9.52 Å². The summed E-state index contributed by atoms with van der Waals surface area (Å²) in [6.45, 7) is 1.90. The summed E-state index contributed by atoms with van der Waals surface area (Å²) in [7, 11) is 0. The highest BCUT2D eigenvalue weighted by molar-refractivity contribution is 5.66. The van der Waals surface area contributed by atoms with Crippen molar-refractivity contribution in [2.45, 2.75) is 19.8 Å². The minimum Gasteiger partial charge on any atom is -0.481 e. The molecule has 1 aromatic rings. The van der Waals surface area contributed by atoms with E-state index in [1.54, 1.807) is 6.26 Å². The number of aliphatic carboxylic acids is 1. The molecule has 0 radical (unpaired) electrons. The Morgan fingerprint density at radius 2 is 2.50 bits per heavy atom. The Kier molecular flexibility index (Phi) is 2.91. The van der Waals surface area contributed by atoms with Crippen molar-refractivity contribution in [1.82, 2.24) is 0 Å². The molecule has 0 unspecified atom stereocenters. The molecule has 1 N–H and O–H groups in total. The summed E-state index contributed by atoms with van der Waals surface area (Å²) in [5.74, 6) is 0.228. The standard InChI is InChI=1S/C9H12O3/c1-7(6-9(10)11)5-8-3-2-4-12-8/h2-4,7H,5-6H2,1H3,(H,10,11)/t7-/m0/s1. The SMILES string of the molecule is C[C@H](CC(=O)O)Cc1ccco1. The largest absolute Gasteiger partial charge is 0.481 e. The van der Waals surface area contributed by atoms with Crippen molar-refractivity contribution in [3.8, 4) is 0 Å². The van der Waals surface area contributed by atoms with Gasteiger partial charge in [-0.1, -0.05) is 6.92 Å². The fraction of sp³-hybridized carbons (Fsp3) is 0.444. The van der Waals surface area contributed by atoms with E-state index in [1.165, 1.54) is 0 Å². The van der Waals surface area contributed by atoms with Gasteiger partial charge in [-0.3, -0.25) is 4.79 Å². The topological polar surface area (TPSA) is 50.4 Å². The zero-order valence-electron chi connectivity index (χ0n) is 6.99. The molecule has 1 atom stereocenters. The number of carboxylic acid groups (broad SMARTS) is 1. The van der Waals surface area contributed by atoms with Crippen molar-refractivity contribution in [2.24, 2.45) is 5.92 Å². The molecule has 0 bridgehead atoms. The van der Waals surface area contributed by atoms with Crippen molar-refractivity contribution in [2.75, 3.05) is 0 Å². The van der Waals surface area contributed by atoms with Crippen LogP contribution in [0.3, 0.4) is 0 Å². The van der Waals surface area contributed by atoms with Crippen LogP contribution in [0.15, 0.2) is 22.8 Å². The summed E-state index contributed by atoms with van der Waals surface area (Å²) in [5, 5.41) is 8.48. The Morgan fingerprint density at radius 1 is 1.75 bits per heavy atom. The molecule has 3 nitrogen and oxygen atoms in total. The molecule has 12 heavy (non-hydrogen) atoms. The smallest absolute Gasteiger partial charge is 0.303 e. The van der Waals surface area contributed by atoms with Crippen molar-refractivity contribution in [3.05, 3.63) is 24.2 Å². The Hall–Kier alpha value is -1.25. The zero-order chi connectivity index (χ0) is 8.97. The van der Waals surface area contributed by atoms with Gasteiger partial charge in [0.05, 0.1) is 6.26 Å². The molecule has 0 aliphatic heterocycles. The van der Waals surface area contributed by atoms with Gasteiger partial charge in [-0.2, -0.15) is 0 Å². The second kappa shape index (κ2) is 3.95. The van der Waals surface area contributed by atoms with Gasteiger partial charge < -0.3 is 9.52 Å². The van der Waals surface area contributed by atoms with E-state index in [2.05, 4.69) is 0 Å². The molecular formula is C9H12O3. The van der Waals surface area contributed by atoms with Gasteiger partial charge in [0.15, 0.2) is 0 Å². The van der Waals surface area contributed by atoms with E-state index < -0.39 is 5.97 Å². The highest BCUT2D eigenvalue weighted by atomic mass is 16.4. The molecule has 0 fully saturated rings. The molecule has 0 saturated heterocycles. The lowest BCUT2D eigenvalue weighted by molar-refractivity contribution is -0.137. The Bertz CT molecular complexity index is 238. The van der Waals surface area contributed by atoms with Crippen molar-refractivity contribution in [1.29, 1.82) is 0 Å². The molecule has 0 spiro atoms. The monoisotopic (exact) mass is 168 g/mol. The first kappa shape index (κ1) is 8.84. The third kappa shape index (κ3) is 2.78. The predicted molar refractivity (Wildman–Crippen MR) is 43.8 cm³/mol. The van der Waals surface area contributed by atoms with Crippen LogP contribution in [0.5, 0.6) is 0 Å². The third-order valence-electron chi connectivity index (χ3n) is 1.65. The van der Waals surface area contributed by atoms with Crippen molar-refractivity contribution in [3.63, 3.8) is 0 Å². The molecule has 0 amide bonds. The highest BCUT2D eigenvalue weighted by Gasteiger charge is 2.09. The van der Waals surface area contributed by atoms with Crippen LogP contribution < -0.4 is 0 Å². The first-order valence-corrected chi connectivity index (χ1v) is 3.92. The minimum atomic E-state index is -0.756. The molecule has 0 aromatic carbocycles. The van der Waals surface area contributed by atoms with E-state index in [-0.39, 0.29) is 12.3 Å². The second-order valence-electron chi connectivity index (χ2n) is 2.99. The highest BCUT2D eigenvalue weighted by Crippen LogP contribution is 2.11. The lowest BCUT2D eigenvalue weighted by atomic mass is 10.0. The lowest BCUT2D eigenvalue weighted by Gasteiger charge is -2.04. The lowest BCUT2D eigenvalue weighted by Crippen LogP contribution is -2.06. The fourth-order valence-electron chi connectivity index (χ4n) is 1.14. The normalized spacial score (nSPS) is 12.8. The molecule has 1 heterocycles. The van der Waals surface area contributed by atoms with Crippen LogP contribution >= 0.6 is 0 Å². The summed E-state index contributed by atoms with van der Waals surface area (Å²) in [6, 6.07) is 3.67. The van der Waals surface area contributed by atoms with Gasteiger partial charge in [-0.15, -0.1) is 0 Å². The van der Waals surface area contributed by atoms with Gasteiger partial charge in [0.2, 0.25) is 0 Å². The molecule has 0 saturated carbocycles. The quantitative estimate of drug-likeness (QED) is 0.747. The first-order valence-electron chi connectivity index (χ1n) is 3.92. The maximum Gasteiger partial charge on any atom is 0.303 e. The van der Waals surface area contributed by atoms with Crippen LogP contribution in [-0.2, 0) is 11.2 Å². The fourth-order valence-corrected chi connectivity index (χ4v) is 1.14. The van der Waals surface area contributed by atoms with Crippen LogP contribution in [-0.4, -0.2) is 11.1 Å². The molecule has 66 valence electrons. The van der Waals surface area contributed by atoms with Crippen LogP contribution in [0.2, 0.25) is 0 Å². The van der Waals surface area contributed by atoms with Crippen molar-refractivity contribution < 1.29 is 14.3 Å². The van der Waals surface area contributed by atoms with E-state index in [0.717, 1.165) is 5.76 Å². The van der Waals surface area contributed by atoms with Gasteiger partial charge in [0.25, 0.3) is 0 Å². The zero-order valence-corrected chi connectivity index (χ0v) is 6.99. The Labute approximate surface area is 71.0 Å². The number of hydrogen-bond acceptors (Lipinski definition) is 2. The number of carbonyl (C=O) groups is 1. The van der Waals surface area contributed by atoms with Gasteiger partial charge in [-0.25, -0.2) is 0 Å². The summed E-state index contributed by atoms with van der Waals surface area (Å²) in [6.07, 6.45) is 2.49. The van der Waals surface area contributed by atoms with E-state index in [9.17, 15) is 4.79 Å².